The van der Waals surface area contributed by atoms with Crippen LogP contribution in [0.5, 0.6) is 5.75 Å². The minimum absolute atomic E-state index is 0.0956. The zero-order valence-electron chi connectivity index (χ0n) is 19.9. The highest BCUT2D eigenvalue weighted by atomic mass is 35.5. The highest BCUT2D eigenvalue weighted by molar-refractivity contribution is 6.35. The summed E-state index contributed by atoms with van der Waals surface area (Å²) in [6.45, 7) is 7.31. The molecule has 180 valence electrons. The van der Waals surface area contributed by atoms with E-state index in [9.17, 15) is 4.79 Å². The molecule has 35 heavy (non-hydrogen) atoms. The molecule has 0 aliphatic heterocycles. The van der Waals surface area contributed by atoms with Gasteiger partial charge in [0.2, 0.25) is 0 Å². The normalized spacial score (nSPS) is 11.3. The van der Waals surface area contributed by atoms with Crippen LogP contribution in [0, 0.1) is 0 Å². The Hall–Kier alpha value is -3.28. The third-order valence-electron chi connectivity index (χ3n) is 5.59. The van der Waals surface area contributed by atoms with Gasteiger partial charge in [-0.15, -0.1) is 0 Å². The summed E-state index contributed by atoms with van der Waals surface area (Å²) < 4.78 is 7.60. The SMILES string of the molecule is CC(C)(C)c1ccc(OCc2cccc(C(=O)Nc3cnn(Cc4c(Cl)cccc4Cl)c3)c2)cc1. The largest absolute Gasteiger partial charge is 0.489 e. The first-order valence-corrected chi connectivity index (χ1v) is 12.0. The lowest BCUT2D eigenvalue weighted by Gasteiger charge is -2.19. The number of aromatic nitrogens is 2. The molecule has 0 atom stereocenters. The van der Waals surface area contributed by atoms with Crippen molar-refractivity contribution in [3.05, 3.63) is 111 Å². The molecule has 1 heterocycles. The van der Waals surface area contributed by atoms with Crippen molar-refractivity contribution in [2.45, 2.75) is 39.3 Å². The van der Waals surface area contributed by atoms with E-state index in [4.69, 9.17) is 27.9 Å². The standard InChI is InChI=1S/C28H27Cl2N3O2/c1-28(2,3)21-10-12-23(13-11-21)35-18-19-6-4-7-20(14-19)27(34)32-22-15-31-33(16-22)17-24-25(29)8-5-9-26(24)30/h4-16H,17-18H2,1-3H3,(H,32,34). The average Bonchev–Trinajstić information content (AvgIpc) is 3.27. The number of hydrogen-bond acceptors (Lipinski definition) is 3. The fourth-order valence-corrected chi connectivity index (χ4v) is 4.10. The van der Waals surface area contributed by atoms with Crippen molar-refractivity contribution in [2.75, 3.05) is 5.32 Å². The Labute approximate surface area is 215 Å². The second kappa shape index (κ2) is 10.5. The quantitative estimate of drug-likeness (QED) is 0.284. The summed E-state index contributed by atoms with van der Waals surface area (Å²) in [4.78, 5) is 12.8. The van der Waals surface area contributed by atoms with Crippen LogP contribution in [0.15, 0.2) is 79.1 Å². The summed E-state index contributed by atoms with van der Waals surface area (Å²) in [5.41, 5.74) is 4.15. The lowest BCUT2D eigenvalue weighted by atomic mass is 9.87. The number of rotatable bonds is 7. The third-order valence-corrected chi connectivity index (χ3v) is 6.30. The number of carbonyl (C=O) groups excluding carboxylic acids is 1. The van der Waals surface area contributed by atoms with Gasteiger partial charge in [-0.2, -0.15) is 5.10 Å². The predicted octanol–water partition coefficient (Wildman–Crippen LogP) is 7.37. The van der Waals surface area contributed by atoms with Crippen molar-refractivity contribution >= 4 is 34.8 Å². The van der Waals surface area contributed by atoms with Gasteiger partial charge < -0.3 is 10.1 Å². The van der Waals surface area contributed by atoms with E-state index in [0.29, 0.717) is 34.4 Å². The minimum Gasteiger partial charge on any atom is -0.489 e. The van der Waals surface area contributed by atoms with Gasteiger partial charge >= 0.3 is 0 Å². The van der Waals surface area contributed by atoms with Crippen molar-refractivity contribution in [1.29, 1.82) is 0 Å². The number of hydrogen-bond donors (Lipinski definition) is 1. The first kappa shape index (κ1) is 24.8. The van der Waals surface area contributed by atoms with Crippen LogP contribution in [0.4, 0.5) is 5.69 Å². The molecule has 3 aromatic carbocycles. The Morgan fingerprint density at radius 3 is 2.37 bits per heavy atom. The Balaban J connectivity index is 1.37. The molecule has 5 nitrogen and oxygen atoms in total. The van der Waals surface area contributed by atoms with E-state index in [1.807, 2.05) is 30.3 Å². The molecule has 4 rings (SSSR count). The maximum atomic E-state index is 12.8. The van der Waals surface area contributed by atoms with Crippen molar-refractivity contribution in [1.82, 2.24) is 9.78 Å². The number of nitrogens with one attached hydrogen (secondary N) is 1. The summed E-state index contributed by atoms with van der Waals surface area (Å²) in [5.74, 6) is 0.565. The van der Waals surface area contributed by atoms with Gasteiger partial charge in [0.05, 0.1) is 18.4 Å². The van der Waals surface area contributed by atoms with Gasteiger partial charge in [-0.1, -0.05) is 74.3 Å². The fourth-order valence-electron chi connectivity index (χ4n) is 3.58. The predicted molar refractivity (Wildman–Crippen MR) is 142 cm³/mol. The fraction of sp³-hybridized carbons (Fsp3) is 0.214. The number of halogens is 2. The van der Waals surface area contributed by atoms with Gasteiger partial charge in [-0.05, 0) is 52.9 Å². The monoisotopic (exact) mass is 507 g/mol. The molecule has 1 aromatic heterocycles. The molecule has 0 fully saturated rings. The Morgan fingerprint density at radius 1 is 1.00 bits per heavy atom. The van der Waals surface area contributed by atoms with Gasteiger partial charge in [0.25, 0.3) is 5.91 Å². The summed E-state index contributed by atoms with van der Waals surface area (Å²) in [6.07, 6.45) is 3.34. The molecule has 0 saturated heterocycles. The van der Waals surface area contributed by atoms with Crippen LogP contribution in [0.25, 0.3) is 0 Å². The lowest BCUT2D eigenvalue weighted by Crippen LogP contribution is -2.12. The first-order valence-electron chi connectivity index (χ1n) is 11.3. The summed E-state index contributed by atoms with van der Waals surface area (Å²) in [5, 5.41) is 8.34. The van der Waals surface area contributed by atoms with Gasteiger partial charge in [-0.3, -0.25) is 9.48 Å². The van der Waals surface area contributed by atoms with E-state index in [2.05, 4.69) is 43.3 Å². The number of nitrogens with zero attached hydrogens (tertiary/aromatic N) is 2. The molecule has 0 aliphatic carbocycles. The van der Waals surface area contributed by atoms with Crippen molar-refractivity contribution in [3.8, 4) is 5.75 Å². The molecular formula is C28H27Cl2N3O2. The number of amides is 1. The van der Waals surface area contributed by atoms with Crippen LogP contribution in [0.2, 0.25) is 10.0 Å². The molecule has 1 amide bonds. The number of benzene rings is 3. The number of carbonyl (C=O) groups is 1. The van der Waals surface area contributed by atoms with Crippen LogP contribution in [-0.2, 0) is 18.6 Å². The van der Waals surface area contributed by atoms with E-state index in [-0.39, 0.29) is 11.3 Å². The molecular weight excluding hydrogens is 481 g/mol. The zero-order chi connectivity index (χ0) is 25.0. The van der Waals surface area contributed by atoms with E-state index in [1.165, 1.54) is 5.56 Å². The maximum absolute atomic E-state index is 12.8. The second-order valence-corrected chi connectivity index (χ2v) is 10.2. The molecule has 0 spiro atoms. The van der Waals surface area contributed by atoms with E-state index in [1.54, 1.807) is 41.3 Å². The molecule has 7 heteroatoms. The van der Waals surface area contributed by atoms with Crippen LogP contribution in [0.3, 0.4) is 0 Å². The van der Waals surface area contributed by atoms with Crippen molar-refractivity contribution in [2.24, 2.45) is 0 Å². The zero-order valence-corrected chi connectivity index (χ0v) is 21.4. The molecule has 0 bridgehead atoms. The van der Waals surface area contributed by atoms with Gasteiger partial charge in [-0.25, -0.2) is 0 Å². The van der Waals surface area contributed by atoms with E-state index >= 15 is 0 Å². The van der Waals surface area contributed by atoms with Gasteiger partial charge in [0, 0.05) is 27.4 Å². The Kier molecular flexibility index (Phi) is 7.48. The highest BCUT2D eigenvalue weighted by Crippen LogP contribution is 2.26. The third kappa shape index (κ3) is 6.44. The van der Waals surface area contributed by atoms with Crippen LogP contribution >= 0.6 is 23.2 Å². The maximum Gasteiger partial charge on any atom is 0.255 e. The molecule has 1 N–H and O–H groups in total. The smallest absolute Gasteiger partial charge is 0.255 e. The van der Waals surface area contributed by atoms with Crippen LogP contribution in [0.1, 0.15) is 47.8 Å². The topological polar surface area (TPSA) is 56.1 Å². The number of ether oxygens (including phenoxy) is 1. The highest BCUT2D eigenvalue weighted by Gasteiger charge is 2.14. The molecule has 0 saturated carbocycles. The molecule has 0 radical (unpaired) electrons. The summed E-state index contributed by atoms with van der Waals surface area (Å²) in [7, 11) is 0. The van der Waals surface area contributed by atoms with E-state index in [0.717, 1.165) is 16.9 Å². The Bertz CT molecular complexity index is 1300. The van der Waals surface area contributed by atoms with Crippen LogP contribution in [-0.4, -0.2) is 15.7 Å². The number of anilines is 1. The lowest BCUT2D eigenvalue weighted by molar-refractivity contribution is 0.102. The van der Waals surface area contributed by atoms with E-state index < -0.39 is 0 Å². The van der Waals surface area contributed by atoms with Crippen LogP contribution < -0.4 is 10.1 Å². The molecule has 4 aromatic rings. The second-order valence-electron chi connectivity index (χ2n) is 9.34. The van der Waals surface area contributed by atoms with Crippen molar-refractivity contribution in [3.63, 3.8) is 0 Å². The summed E-state index contributed by atoms with van der Waals surface area (Å²) in [6, 6.07) is 20.9. The first-order chi connectivity index (χ1) is 16.7. The molecule has 0 aliphatic rings. The molecule has 0 unspecified atom stereocenters. The minimum atomic E-state index is -0.225. The summed E-state index contributed by atoms with van der Waals surface area (Å²) >= 11 is 12.5. The van der Waals surface area contributed by atoms with Gasteiger partial charge in [0.1, 0.15) is 12.4 Å². The van der Waals surface area contributed by atoms with Gasteiger partial charge in [0.15, 0.2) is 0 Å². The average molecular weight is 508 g/mol. The Morgan fingerprint density at radius 2 is 1.69 bits per heavy atom. The van der Waals surface area contributed by atoms with Crippen molar-refractivity contribution < 1.29 is 9.53 Å².